The number of nitrogens with one attached hydrogen (secondary N) is 2. The zero-order valence-corrected chi connectivity index (χ0v) is 22.0. The number of methoxy groups -OCH3 is 1. The van der Waals surface area contributed by atoms with E-state index in [9.17, 15) is 9.59 Å². The van der Waals surface area contributed by atoms with Gasteiger partial charge >= 0.3 is 0 Å². The largest absolute Gasteiger partial charge is 0.383 e. The van der Waals surface area contributed by atoms with Crippen molar-refractivity contribution in [1.82, 2.24) is 24.7 Å². The van der Waals surface area contributed by atoms with Crippen LogP contribution in [0.3, 0.4) is 0 Å². The number of pyridine rings is 1. The zero-order valence-electron chi connectivity index (χ0n) is 22.0. The van der Waals surface area contributed by atoms with Crippen LogP contribution in [0.4, 0.5) is 17.6 Å². The zero-order chi connectivity index (χ0) is 27.4. The highest BCUT2D eigenvalue weighted by Gasteiger charge is 2.30. The van der Waals surface area contributed by atoms with Crippen LogP contribution in [0.25, 0.3) is 16.8 Å². The first-order chi connectivity index (χ1) is 18.9. The van der Waals surface area contributed by atoms with E-state index < -0.39 is 0 Å². The van der Waals surface area contributed by atoms with Gasteiger partial charge in [0.25, 0.3) is 5.91 Å². The van der Waals surface area contributed by atoms with Gasteiger partial charge in [-0.15, -0.1) is 0 Å². The minimum absolute atomic E-state index is 0.0195. The third-order valence-electron chi connectivity index (χ3n) is 6.77. The number of rotatable bonds is 8. The molecular weight excluding hydrogens is 496 g/mol. The van der Waals surface area contributed by atoms with Gasteiger partial charge < -0.3 is 26.0 Å². The van der Waals surface area contributed by atoms with Gasteiger partial charge in [0.15, 0.2) is 0 Å². The monoisotopic (exact) mass is 528 g/mol. The van der Waals surface area contributed by atoms with Gasteiger partial charge in [0.1, 0.15) is 22.8 Å². The third kappa shape index (κ3) is 5.68. The van der Waals surface area contributed by atoms with E-state index in [0.29, 0.717) is 47.5 Å². The predicted octanol–water partition coefficient (Wildman–Crippen LogP) is 2.99. The Labute approximate surface area is 226 Å². The summed E-state index contributed by atoms with van der Waals surface area (Å²) in [5.74, 6) is 1.14. The highest BCUT2D eigenvalue weighted by atomic mass is 16.5. The molecule has 11 heteroatoms. The molecule has 202 valence electrons. The van der Waals surface area contributed by atoms with Crippen LogP contribution in [-0.2, 0) is 9.53 Å². The number of carbonyl (C=O) groups is 2. The van der Waals surface area contributed by atoms with Crippen molar-refractivity contribution in [3.8, 4) is 11.3 Å². The lowest BCUT2D eigenvalue weighted by Gasteiger charge is -2.32. The molecule has 4 heterocycles. The molecule has 0 saturated carbocycles. The Hall–Kier alpha value is -4.51. The molecule has 0 bridgehead atoms. The van der Waals surface area contributed by atoms with E-state index in [4.69, 9.17) is 15.5 Å². The predicted molar refractivity (Wildman–Crippen MR) is 149 cm³/mol. The molecule has 1 aliphatic rings. The number of hydrogen-bond donors (Lipinski definition) is 3. The second-order valence-electron chi connectivity index (χ2n) is 9.69. The summed E-state index contributed by atoms with van der Waals surface area (Å²) in [7, 11) is 1.62. The summed E-state index contributed by atoms with van der Waals surface area (Å²) in [6.07, 6.45) is 6.77. The molecule has 1 saturated heterocycles. The molecule has 1 aliphatic heterocycles. The first kappa shape index (κ1) is 26.1. The minimum atomic E-state index is -0.255. The van der Waals surface area contributed by atoms with Crippen LogP contribution in [0.15, 0.2) is 61.1 Å². The number of fused-ring (bicyclic) bond motifs is 1. The average molecular weight is 529 g/mol. The van der Waals surface area contributed by atoms with Crippen LogP contribution in [0.1, 0.15) is 30.1 Å². The molecule has 2 atom stereocenters. The molecule has 11 nitrogen and oxygen atoms in total. The van der Waals surface area contributed by atoms with Crippen molar-refractivity contribution in [2.24, 2.45) is 5.92 Å². The number of carbonyl (C=O) groups excluding carboxylic acids is 2. The van der Waals surface area contributed by atoms with Crippen LogP contribution in [0.2, 0.25) is 0 Å². The number of nitrogen functional groups attached to an aromatic ring is 1. The molecule has 2 amide bonds. The smallest absolute Gasteiger partial charge is 0.256 e. The topological polar surface area (TPSA) is 140 Å². The molecule has 0 aliphatic carbocycles. The number of amides is 2. The van der Waals surface area contributed by atoms with Gasteiger partial charge in [-0.2, -0.15) is 0 Å². The van der Waals surface area contributed by atoms with Gasteiger partial charge in [-0.1, -0.05) is 18.2 Å². The normalized spacial score (nSPS) is 16.2. The fourth-order valence-electron chi connectivity index (χ4n) is 4.90. The summed E-state index contributed by atoms with van der Waals surface area (Å²) in [4.78, 5) is 41.1. The van der Waals surface area contributed by atoms with E-state index in [-0.39, 0.29) is 23.8 Å². The number of imidazole rings is 1. The first-order valence-electron chi connectivity index (χ1n) is 12.9. The quantitative estimate of drug-likeness (QED) is 0.317. The number of aromatic nitrogens is 4. The summed E-state index contributed by atoms with van der Waals surface area (Å²) in [6, 6.07) is 12.4. The molecule has 1 unspecified atom stereocenters. The maximum Gasteiger partial charge on any atom is 0.256 e. The number of benzene rings is 1. The summed E-state index contributed by atoms with van der Waals surface area (Å²) < 4.78 is 7.08. The van der Waals surface area contributed by atoms with Gasteiger partial charge in [-0.05, 0) is 44.0 Å². The first-order valence-corrected chi connectivity index (χ1v) is 12.9. The summed E-state index contributed by atoms with van der Waals surface area (Å²) in [5.41, 5.74) is 8.95. The number of ether oxygens (including phenoxy) is 1. The van der Waals surface area contributed by atoms with Gasteiger partial charge in [0.2, 0.25) is 11.9 Å². The lowest BCUT2D eigenvalue weighted by Crippen LogP contribution is -2.46. The van der Waals surface area contributed by atoms with Crippen molar-refractivity contribution in [2.75, 3.05) is 42.8 Å². The molecule has 1 aromatic carbocycles. The highest BCUT2D eigenvalue weighted by molar-refractivity contribution is 6.04. The maximum atomic E-state index is 12.9. The number of hydrogen-bond acceptors (Lipinski definition) is 8. The number of nitrogens with zero attached hydrogens (tertiary/aromatic N) is 5. The Balaban J connectivity index is 1.40. The van der Waals surface area contributed by atoms with E-state index in [0.717, 1.165) is 24.9 Å². The second kappa shape index (κ2) is 11.5. The van der Waals surface area contributed by atoms with Crippen molar-refractivity contribution in [1.29, 1.82) is 0 Å². The number of nitrogens with two attached hydrogens (primary N) is 1. The molecule has 4 N–H and O–H groups in total. The third-order valence-corrected chi connectivity index (χ3v) is 6.77. The van der Waals surface area contributed by atoms with Crippen LogP contribution in [0.5, 0.6) is 0 Å². The van der Waals surface area contributed by atoms with Crippen LogP contribution < -0.4 is 21.3 Å². The second-order valence-corrected chi connectivity index (χ2v) is 9.69. The summed E-state index contributed by atoms with van der Waals surface area (Å²) in [6.45, 7) is 3.70. The van der Waals surface area contributed by atoms with Gasteiger partial charge in [-0.25, -0.2) is 15.0 Å². The molecule has 3 aromatic heterocycles. The fourth-order valence-corrected chi connectivity index (χ4v) is 4.90. The Morgan fingerprint density at radius 1 is 1.15 bits per heavy atom. The highest BCUT2D eigenvalue weighted by Crippen LogP contribution is 2.33. The Morgan fingerprint density at radius 2 is 1.97 bits per heavy atom. The molecule has 0 radical (unpaired) electrons. The molecule has 4 aromatic rings. The molecular formula is C28H32N8O3. The maximum absolute atomic E-state index is 12.9. The Bertz CT molecular complexity index is 1460. The summed E-state index contributed by atoms with van der Waals surface area (Å²) in [5, 5.41) is 5.83. The molecule has 1 fully saturated rings. The van der Waals surface area contributed by atoms with E-state index >= 15 is 0 Å². The number of piperidine rings is 1. The Morgan fingerprint density at radius 3 is 2.72 bits per heavy atom. The van der Waals surface area contributed by atoms with Crippen LogP contribution in [-0.4, -0.2) is 64.0 Å². The molecule has 0 spiro atoms. The lowest BCUT2D eigenvalue weighted by molar-refractivity contribution is -0.126. The van der Waals surface area contributed by atoms with Gasteiger partial charge in [0.05, 0.1) is 12.5 Å². The molecule has 5 rings (SSSR count). The van der Waals surface area contributed by atoms with E-state index in [1.165, 1.54) is 0 Å². The van der Waals surface area contributed by atoms with Crippen molar-refractivity contribution in [3.05, 3.63) is 66.6 Å². The molecule has 39 heavy (non-hydrogen) atoms. The van der Waals surface area contributed by atoms with Crippen molar-refractivity contribution in [2.45, 2.75) is 25.8 Å². The van der Waals surface area contributed by atoms with Gasteiger partial charge in [-0.3, -0.25) is 14.0 Å². The van der Waals surface area contributed by atoms with Crippen LogP contribution in [0, 0.1) is 5.92 Å². The van der Waals surface area contributed by atoms with E-state index in [1.807, 2.05) is 35.7 Å². The minimum Gasteiger partial charge on any atom is -0.383 e. The van der Waals surface area contributed by atoms with Crippen molar-refractivity contribution < 1.29 is 14.3 Å². The van der Waals surface area contributed by atoms with Gasteiger partial charge in [0, 0.05) is 56.0 Å². The van der Waals surface area contributed by atoms with E-state index in [2.05, 4.69) is 25.5 Å². The van der Waals surface area contributed by atoms with Crippen molar-refractivity contribution >= 4 is 34.9 Å². The van der Waals surface area contributed by atoms with E-state index in [1.54, 1.807) is 43.8 Å². The summed E-state index contributed by atoms with van der Waals surface area (Å²) >= 11 is 0. The Kier molecular flexibility index (Phi) is 7.69. The average Bonchev–Trinajstić information content (AvgIpc) is 3.35. The number of anilines is 3. The standard InChI is InChI=1S/C28H32N8O3/c1-18(17-39-2)32-27(38)21-6-5-14-35(16-21)28-34-23(24-25(29)31-13-15-36(24)28)19-8-10-20(11-9-19)26(37)33-22-7-3-4-12-30-22/h3-4,7-13,15,18,21H,5-6,14,16-17H2,1-2H3,(H2,29,31)(H,32,38)(H,30,33,37)/t18-,21?/m0/s1. The SMILES string of the molecule is COC[C@H](C)NC(=O)C1CCCN(c2nc(-c3ccc(C(=O)Nc4ccccn4)cc3)c3c(N)nccn23)C1. The van der Waals surface area contributed by atoms with Crippen LogP contribution >= 0.6 is 0 Å². The van der Waals surface area contributed by atoms with Crippen molar-refractivity contribution in [3.63, 3.8) is 0 Å². The lowest BCUT2D eigenvalue weighted by atomic mass is 9.97. The fraction of sp³-hybridized carbons (Fsp3) is 0.321.